The van der Waals surface area contributed by atoms with Crippen molar-refractivity contribution in [3.63, 3.8) is 0 Å². The van der Waals surface area contributed by atoms with Gasteiger partial charge >= 0.3 is 5.97 Å². The standard InChI is InChI=1S/C30H29N3O4S/c1-4-36-29(35)26-27(21-9-6-5-7-10-21)32-30-33(28(26)24-15-19(2)12-13-20(24)3)22(18-38-30)16-25(34)31-17-23-11-8-14-37-23/h5-15,18,28H,4,16-17H2,1-3H3,(H,31,34)/t28-/m0/s1. The smallest absolute Gasteiger partial charge is 0.338 e. The van der Waals surface area contributed by atoms with Crippen molar-refractivity contribution < 1.29 is 18.7 Å². The number of furan rings is 1. The van der Waals surface area contributed by atoms with Crippen LogP contribution in [0.5, 0.6) is 0 Å². The largest absolute Gasteiger partial charge is 0.467 e. The number of nitrogens with zero attached hydrogens (tertiary/aromatic N) is 2. The molecule has 0 radical (unpaired) electrons. The van der Waals surface area contributed by atoms with Crippen LogP contribution in [0.15, 0.2) is 93.0 Å². The van der Waals surface area contributed by atoms with Crippen LogP contribution in [0.4, 0.5) is 0 Å². The van der Waals surface area contributed by atoms with Gasteiger partial charge in [0.15, 0.2) is 5.17 Å². The Kier molecular flexibility index (Phi) is 7.51. The van der Waals surface area contributed by atoms with Crippen LogP contribution >= 0.6 is 11.8 Å². The number of aliphatic imine (C=N–C) groups is 1. The highest BCUT2D eigenvalue weighted by atomic mass is 32.2. The Hall–Kier alpha value is -4.04. The molecule has 8 heteroatoms. The molecule has 0 saturated carbocycles. The second kappa shape index (κ2) is 11.1. The number of esters is 1. The number of hydrogen-bond donors (Lipinski definition) is 1. The Morgan fingerprint density at radius 2 is 1.92 bits per heavy atom. The summed E-state index contributed by atoms with van der Waals surface area (Å²) in [6.07, 6.45) is 1.71. The van der Waals surface area contributed by atoms with Crippen LogP contribution in [0.3, 0.4) is 0 Å². The highest BCUT2D eigenvalue weighted by Gasteiger charge is 2.42. The number of carbonyl (C=O) groups excluding carboxylic acids is 2. The molecule has 2 aromatic carbocycles. The lowest BCUT2D eigenvalue weighted by Crippen LogP contribution is -2.38. The topological polar surface area (TPSA) is 84.1 Å². The SMILES string of the molecule is CCOC(=O)C1=C(c2ccccc2)N=C2SC=C(CC(=O)NCc3ccco3)N2[C@H]1c1cc(C)ccc1C. The summed E-state index contributed by atoms with van der Waals surface area (Å²) in [6.45, 7) is 6.41. The fourth-order valence-electron chi connectivity index (χ4n) is 4.66. The zero-order valence-electron chi connectivity index (χ0n) is 21.6. The van der Waals surface area contributed by atoms with Crippen molar-refractivity contribution in [3.05, 3.63) is 112 Å². The van der Waals surface area contributed by atoms with E-state index in [1.165, 1.54) is 11.8 Å². The molecular weight excluding hydrogens is 498 g/mol. The summed E-state index contributed by atoms with van der Waals surface area (Å²) in [5.41, 5.74) is 5.74. The quantitative estimate of drug-likeness (QED) is 0.369. The summed E-state index contributed by atoms with van der Waals surface area (Å²) >= 11 is 1.46. The van der Waals surface area contributed by atoms with E-state index in [4.69, 9.17) is 14.1 Å². The van der Waals surface area contributed by atoms with Gasteiger partial charge in [-0.3, -0.25) is 4.79 Å². The van der Waals surface area contributed by atoms with Gasteiger partial charge in [0.1, 0.15) is 5.76 Å². The third-order valence-corrected chi connectivity index (χ3v) is 7.35. The first-order valence-electron chi connectivity index (χ1n) is 12.5. The number of carbonyl (C=O) groups is 2. The second-order valence-electron chi connectivity index (χ2n) is 9.14. The maximum atomic E-state index is 13.6. The van der Waals surface area contributed by atoms with Crippen LogP contribution in [0.2, 0.25) is 0 Å². The van der Waals surface area contributed by atoms with Crippen molar-refractivity contribution in [1.29, 1.82) is 0 Å². The molecule has 3 aromatic rings. The molecule has 194 valence electrons. The zero-order chi connectivity index (χ0) is 26.6. The van der Waals surface area contributed by atoms with E-state index < -0.39 is 12.0 Å². The fraction of sp³-hybridized carbons (Fsp3) is 0.233. The van der Waals surface area contributed by atoms with E-state index in [9.17, 15) is 9.59 Å². The molecule has 2 aliphatic rings. The number of fused-ring (bicyclic) bond motifs is 1. The predicted molar refractivity (Wildman–Crippen MR) is 149 cm³/mol. The first-order valence-corrected chi connectivity index (χ1v) is 13.4. The zero-order valence-corrected chi connectivity index (χ0v) is 22.4. The number of hydrogen-bond acceptors (Lipinski definition) is 7. The molecule has 1 aromatic heterocycles. The van der Waals surface area contributed by atoms with Crippen molar-refractivity contribution in [2.24, 2.45) is 4.99 Å². The molecule has 5 rings (SSSR count). The van der Waals surface area contributed by atoms with Crippen LogP contribution in [0.25, 0.3) is 5.70 Å². The lowest BCUT2D eigenvalue weighted by atomic mass is 9.88. The van der Waals surface area contributed by atoms with Crippen LogP contribution in [0.1, 0.15) is 47.4 Å². The number of thioether (sulfide) groups is 1. The summed E-state index contributed by atoms with van der Waals surface area (Å²) in [4.78, 5) is 33.6. The van der Waals surface area contributed by atoms with Crippen LogP contribution in [-0.2, 0) is 20.9 Å². The van der Waals surface area contributed by atoms with Gasteiger partial charge in [0.2, 0.25) is 5.91 Å². The molecule has 2 aliphatic heterocycles. The molecule has 38 heavy (non-hydrogen) atoms. The number of aryl methyl sites for hydroxylation is 2. The van der Waals surface area contributed by atoms with Gasteiger partial charge in [-0.05, 0) is 49.4 Å². The summed E-state index contributed by atoms with van der Waals surface area (Å²) < 4.78 is 10.9. The highest BCUT2D eigenvalue weighted by Crippen LogP contribution is 2.47. The molecule has 1 N–H and O–H groups in total. The fourth-order valence-corrected chi connectivity index (χ4v) is 5.58. The molecular formula is C30H29N3O4S. The Balaban J connectivity index is 1.58. The Morgan fingerprint density at radius 1 is 1.11 bits per heavy atom. The van der Waals surface area contributed by atoms with Gasteiger partial charge in [-0.25, -0.2) is 9.79 Å². The summed E-state index contributed by atoms with van der Waals surface area (Å²) in [6, 6.07) is 19.0. The van der Waals surface area contributed by atoms with Crippen molar-refractivity contribution >= 4 is 34.5 Å². The number of rotatable bonds is 8. The van der Waals surface area contributed by atoms with Gasteiger partial charge in [-0.2, -0.15) is 0 Å². The van der Waals surface area contributed by atoms with Gasteiger partial charge in [-0.15, -0.1) is 0 Å². The van der Waals surface area contributed by atoms with Crippen molar-refractivity contribution in [2.45, 2.75) is 39.8 Å². The molecule has 0 spiro atoms. The average molecular weight is 528 g/mol. The minimum absolute atomic E-state index is 0.130. The summed E-state index contributed by atoms with van der Waals surface area (Å²) in [7, 11) is 0. The molecule has 7 nitrogen and oxygen atoms in total. The molecule has 0 bridgehead atoms. The lowest BCUT2D eigenvalue weighted by Gasteiger charge is -2.37. The molecule has 3 heterocycles. The first-order chi connectivity index (χ1) is 18.5. The lowest BCUT2D eigenvalue weighted by molar-refractivity contribution is -0.139. The summed E-state index contributed by atoms with van der Waals surface area (Å²) in [5, 5.41) is 5.58. The van der Waals surface area contributed by atoms with Crippen LogP contribution < -0.4 is 5.32 Å². The van der Waals surface area contributed by atoms with E-state index in [0.29, 0.717) is 23.6 Å². The highest BCUT2D eigenvalue weighted by molar-refractivity contribution is 8.16. The molecule has 1 atom stereocenters. The number of nitrogens with one attached hydrogen (secondary N) is 1. The minimum Gasteiger partial charge on any atom is -0.467 e. The number of amidine groups is 1. The van der Waals surface area contributed by atoms with Crippen LogP contribution in [-0.4, -0.2) is 28.6 Å². The van der Waals surface area contributed by atoms with Gasteiger partial charge in [0.25, 0.3) is 0 Å². The molecule has 1 amide bonds. The van der Waals surface area contributed by atoms with Gasteiger partial charge in [0.05, 0.1) is 43.1 Å². The number of benzene rings is 2. The third kappa shape index (κ3) is 5.17. The first kappa shape index (κ1) is 25.6. The van der Waals surface area contributed by atoms with E-state index in [1.807, 2.05) is 60.6 Å². The Bertz CT molecular complexity index is 1440. The Morgan fingerprint density at radius 3 is 2.66 bits per heavy atom. The van der Waals surface area contributed by atoms with Gasteiger partial charge in [-0.1, -0.05) is 65.9 Å². The van der Waals surface area contributed by atoms with E-state index in [0.717, 1.165) is 33.1 Å². The molecule has 0 aliphatic carbocycles. The maximum absolute atomic E-state index is 13.6. The van der Waals surface area contributed by atoms with Gasteiger partial charge in [0, 0.05) is 11.3 Å². The predicted octanol–water partition coefficient (Wildman–Crippen LogP) is 5.88. The third-order valence-electron chi connectivity index (χ3n) is 6.46. The molecule has 0 fully saturated rings. The van der Waals surface area contributed by atoms with E-state index in [-0.39, 0.29) is 18.9 Å². The summed E-state index contributed by atoms with van der Waals surface area (Å²) in [5.74, 6) is 0.116. The Labute approximate surface area is 226 Å². The molecule has 0 saturated heterocycles. The normalized spacial score (nSPS) is 16.6. The van der Waals surface area contributed by atoms with Gasteiger partial charge < -0.3 is 19.4 Å². The van der Waals surface area contributed by atoms with E-state index in [2.05, 4.69) is 23.5 Å². The maximum Gasteiger partial charge on any atom is 0.338 e. The number of amides is 1. The van der Waals surface area contributed by atoms with Crippen LogP contribution in [0, 0.1) is 13.8 Å². The number of ether oxygens (including phenoxy) is 1. The van der Waals surface area contributed by atoms with Crippen molar-refractivity contribution in [3.8, 4) is 0 Å². The average Bonchev–Trinajstić information content (AvgIpc) is 3.59. The van der Waals surface area contributed by atoms with Crippen molar-refractivity contribution in [1.82, 2.24) is 10.2 Å². The monoisotopic (exact) mass is 527 g/mol. The second-order valence-corrected chi connectivity index (χ2v) is 9.97. The molecule has 0 unspecified atom stereocenters. The minimum atomic E-state index is -0.504. The van der Waals surface area contributed by atoms with E-state index >= 15 is 0 Å². The van der Waals surface area contributed by atoms with E-state index in [1.54, 1.807) is 19.3 Å². The van der Waals surface area contributed by atoms with Crippen molar-refractivity contribution in [2.75, 3.05) is 6.61 Å².